The van der Waals surface area contributed by atoms with Crippen molar-refractivity contribution in [2.24, 2.45) is 0 Å². The molecule has 1 heterocycles. The fourth-order valence-corrected chi connectivity index (χ4v) is 2.22. The molecule has 1 aromatic rings. The molecule has 2 rings (SSSR count). The van der Waals surface area contributed by atoms with Crippen LogP contribution in [0.25, 0.3) is 6.20 Å². The molecule has 0 bridgehead atoms. The summed E-state index contributed by atoms with van der Waals surface area (Å²) in [6.45, 7) is 6.90. The summed E-state index contributed by atoms with van der Waals surface area (Å²) in [7, 11) is 0. The number of aromatic nitrogens is 2. The highest BCUT2D eigenvalue weighted by Gasteiger charge is 2.27. The van der Waals surface area contributed by atoms with E-state index in [-0.39, 0.29) is 0 Å². The Morgan fingerprint density at radius 3 is 2.93 bits per heavy atom. The van der Waals surface area contributed by atoms with Crippen LogP contribution in [0.2, 0.25) is 0 Å². The summed E-state index contributed by atoms with van der Waals surface area (Å²) in [4.78, 5) is 0. The van der Waals surface area contributed by atoms with Gasteiger partial charge in [0.1, 0.15) is 0 Å². The third-order valence-corrected chi connectivity index (χ3v) is 3.27. The number of rotatable bonds is 4. The van der Waals surface area contributed by atoms with Crippen LogP contribution in [0, 0.1) is 0 Å². The predicted octanol–water partition coefficient (Wildman–Crippen LogP) is 2.41. The molecular formula is C12H19N3. The summed E-state index contributed by atoms with van der Waals surface area (Å²) in [5.41, 5.74) is 1.57. The van der Waals surface area contributed by atoms with Crippen LogP contribution >= 0.6 is 0 Å². The van der Waals surface area contributed by atoms with Gasteiger partial charge in [0.15, 0.2) is 0 Å². The molecule has 1 saturated carbocycles. The minimum Gasteiger partial charge on any atom is -0.307 e. The van der Waals surface area contributed by atoms with Gasteiger partial charge in [-0.15, -0.1) is 0 Å². The molecule has 3 heteroatoms. The first kappa shape index (κ1) is 10.4. The molecule has 0 atom stereocenters. The Morgan fingerprint density at radius 2 is 2.33 bits per heavy atom. The van der Waals surface area contributed by atoms with Gasteiger partial charge in [0, 0.05) is 30.0 Å². The van der Waals surface area contributed by atoms with Gasteiger partial charge in [-0.05, 0) is 19.8 Å². The molecule has 1 fully saturated rings. The quantitative estimate of drug-likeness (QED) is 0.818. The first-order valence-electron chi connectivity index (χ1n) is 5.62. The van der Waals surface area contributed by atoms with Gasteiger partial charge in [-0.2, -0.15) is 5.10 Å². The van der Waals surface area contributed by atoms with Gasteiger partial charge in [0.2, 0.25) is 0 Å². The minimum absolute atomic E-state index is 0.344. The Kier molecular flexibility index (Phi) is 2.91. The van der Waals surface area contributed by atoms with E-state index >= 15 is 0 Å². The molecule has 3 nitrogen and oxygen atoms in total. The maximum Gasteiger partial charge on any atom is 0.0538 e. The maximum atomic E-state index is 4.16. The molecule has 0 aliphatic heterocycles. The van der Waals surface area contributed by atoms with E-state index in [1.54, 1.807) is 10.9 Å². The Balaban J connectivity index is 1.89. The second-order valence-corrected chi connectivity index (χ2v) is 4.63. The van der Waals surface area contributed by atoms with Crippen LogP contribution in [0.1, 0.15) is 38.2 Å². The van der Waals surface area contributed by atoms with Crippen molar-refractivity contribution in [1.29, 1.82) is 0 Å². The van der Waals surface area contributed by atoms with E-state index in [0.717, 1.165) is 6.54 Å². The topological polar surface area (TPSA) is 29.9 Å². The van der Waals surface area contributed by atoms with Crippen molar-refractivity contribution in [3.8, 4) is 0 Å². The van der Waals surface area contributed by atoms with E-state index in [2.05, 4.69) is 23.9 Å². The standard InChI is InChI=1S/C12H19N3/c1-3-15-10-11(9-14-15)8-13-12(2)6-4-5-7-12/h3,9-10,13H,1,4-8H2,2H3. The Morgan fingerprint density at radius 1 is 1.60 bits per heavy atom. The SMILES string of the molecule is C=Cn1cc(CNC2(C)CCCC2)cn1. The fourth-order valence-electron chi connectivity index (χ4n) is 2.22. The van der Waals surface area contributed by atoms with E-state index < -0.39 is 0 Å². The van der Waals surface area contributed by atoms with Crippen molar-refractivity contribution in [2.75, 3.05) is 0 Å². The van der Waals surface area contributed by atoms with E-state index in [0.29, 0.717) is 5.54 Å². The highest BCUT2D eigenvalue weighted by atomic mass is 15.2. The lowest BCUT2D eigenvalue weighted by molar-refractivity contribution is 0.363. The van der Waals surface area contributed by atoms with Crippen molar-refractivity contribution in [3.63, 3.8) is 0 Å². The fraction of sp³-hybridized carbons (Fsp3) is 0.583. The number of hydrogen-bond donors (Lipinski definition) is 1. The molecule has 0 unspecified atom stereocenters. The second kappa shape index (κ2) is 4.19. The van der Waals surface area contributed by atoms with Crippen molar-refractivity contribution in [1.82, 2.24) is 15.1 Å². The average Bonchev–Trinajstić information content (AvgIpc) is 2.84. The van der Waals surface area contributed by atoms with Crippen molar-refractivity contribution in [2.45, 2.75) is 44.7 Å². The van der Waals surface area contributed by atoms with Gasteiger partial charge >= 0.3 is 0 Å². The van der Waals surface area contributed by atoms with Crippen LogP contribution in [-0.4, -0.2) is 15.3 Å². The normalized spacial score (nSPS) is 19.3. The first-order valence-corrected chi connectivity index (χ1v) is 5.62. The Bertz CT molecular complexity index is 334. The van der Waals surface area contributed by atoms with Gasteiger partial charge in [-0.3, -0.25) is 0 Å². The summed E-state index contributed by atoms with van der Waals surface area (Å²) in [5.74, 6) is 0. The zero-order valence-corrected chi connectivity index (χ0v) is 9.37. The molecule has 0 radical (unpaired) electrons. The largest absolute Gasteiger partial charge is 0.307 e. The highest BCUT2D eigenvalue weighted by molar-refractivity contribution is 5.17. The van der Waals surface area contributed by atoms with Crippen LogP contribution in [0.5, 0.6) is 0 Å². The van der Waals surface area contributed by atoms with E-state index in [4.69, 9.17) is 0 Å². The first-order chi connectivity index (χ1) is 7.22. The summed E-state index contributed by atoms with van der Waals surface area (Å²) < 4.78 is 1.74. The van der Waals surface area contributed by atoms with Crippen molar-refractivity contribution < 1.29 is 0 Å². The monoisotopic (exact) mass is 205 g/mol. The molecule has 15 heavy (non-hydrogen) atoms. The molecular weight excluding hydrogens is 186 g/mol. The number of nitrogens with zero attached hydrogens (tertiary/aromatic N) is 2. The average molecular weight is 205 g/mol. The third-order valence-electron chi connectivity index (χ3n) is 3.27. The Hall–Kier alpha value is -1.09. The van der Waals surface area contributed by atoms with Crippen LogP contribution in [-0.2, 0) is 6.54 Å². The van der Waals surface area contributed by atoms with Crippen LogP contribution in [0.15, 0.2) is 19.0 Å². The maximum absolute atomic E-state index is 4.16. The predicted molar refractivity (Wildman–Crippen MR) is 62.3 cm³/mol. The van der Waals surface area contributed by atoms with Gasteiger partial charge in [0.05, 0.1) is 6.20 Å². The molecule has 0 saturated heterocycles. The lowest BCUT2D eigenvalue weighted by Gasteiger charge is -2.24. The lowest BCUT2D eigenvalue weighted by Crippen LogP contribution is -2.38. The molecule has 1 N–H and O–H groups in total. The summed E-state index contributed by atoms with van der Waals surface area (Å²) in [6.07, 6.45) is 10.9. The zero-order chi connectivity index (χ0) is 10.7. The van der Waals surface area contributed by atoms with Crippen molar-refractivity contribution in [3.05, 3.63) is 24.5 Å². The Labute approximate surface area is 91.2 Å². The summed E-state index contributed by atoms with van der Waals surface area (Å²) >= 11 is 0. The molecule has 0 amide bonds. The third kappa shape index (κ3) is 2.48. The van der Waals surface area contributed by atoms with E-state index in [1.807, 2.05) is 12.4 Å². The summed E-state index contributed by atoms with van der Waals surface area (Å²) in [6, 6.07) is 0. The van der Waals surface area contributed by atoms with E-state index in [1.165, 1.54) is 31.2 Å². The smallest absolute Gasteiger partial charge is 0.0538 e. The molecule has 1 aliphatic carbocycles. The molecule has 0 aromatic carbocycles. The highest BCUT2D eigenvalue weighted by Crippen LogP contribution is 2.29. The molecule has 1 aromatic heterocycles. The van der Waals surface area contributed by atoms with Crippen LogP contribution < -0.4 is 5.32 Å². The van der Waals surface area contributed by atoms with Crippen molar-refractivity contribution >= 4 is 6.20 Å². The zero-order valence-electron chi connectivity index (χ0n) is 9.37. The summed E-state index contributed by atoms with van der Waals surface area (Å²) in [5, 5.41) is 7.79. The lowest BCUT2D eigenvalue weighted by atomic mass is 10.0. The minimum atomic E-state index is 0.344. The van der Waals surface area contributed by atoms with Gasteiger partial charge in [-0.1, -0.05) is 19.4 Å². The van der Waals surface area contributed by atoms with E-state index in [9.17, 15) is 0 Å². The molecule has 82 valence electrons. The molecule has 0 spiro atoms. The van der Waals surface area contributed by atoms with Gasteiger partial charge in [0.25, 0.3) is 0 Å². The number of nitrogens with one attached hydrogen (secondary N) is 1. The van der Waals surface area contributed by atoms with Crippen LogP contribution in [0.4, 0.5) is 0 Å². The number of hydrogen-bond acceptors (Lipinski definition) is 2. The van der Waals surface area contributed by atoms with Gasteiger partial charge < -0.3 is 5.32 Å². The second-order valence-electron chi connectivity index (χ2n) is 4.63. The van der Waals surface area contributed by atoms with Gasteiger partial charge in [-0.25, -0.2) is 4.68 Å². The van der Waals surface area contributed by atoms with Crippen LogP contribution in [0.3, 0.4) is 0 Å². The molecule has 1 aliphatic rings.